The number of benzene rings is 1. The summed E-state index contributed by atoms with van der Waals surface area (Å²) in [5.74, 6) is 0. The molecule has 3 N–H and O–H groups in total. The van der Waals surface area contributed by atoms with Crippen molar-refractivity contribution >= 4 is 38.9 Å². The van der Waals surface area contributed by atoms with Crippen LogP contribution in [0.3, 0.4) is 0 Å². The Morgan fingerprint density at radius 1 is 1.45 bits per heavy atom. The summed E-state index contributed by atoms with van der Waals surface area (Å²) in [5, 5.41) is 3.30. The number of ether oxygens (including phenoxy) is 1. The summed E-state index contributed by atoms with van der Waals surface area (Å²) in [7, 11) is 0. The molecule has 1 amide bonds. The number of amides is 1. The van der Waals surface area contributed by atoms with Gasteiger partial charge < -0.3 is 15.8 Å². The maximum absolute atomic E-state index is 11.5. The maximum atomic E-state index is 11.5. The van der Waals surface area contributed by atoms with Crippen molar-refractivity contribution < 1.29 is 9.53 Å². The first kappa shape index (κ1) is 16.3. The topological polar surface area (TPSA) is 77.2 Å². The first-order valence-corrected chi connectivity index (χ1v) is 7.94. The van der Waals surface area contributed by atoms with Gasteiger partial charge in [0.15, 0.2) is 5.13 Å². The molecule has 0 saturated heterocycles. The Balaban J connectivity index is 1.80. The number of rotatable bonds is 4. The first-order valence-electron chi connectivity index (χ1n) is 7.13. The van der Waals surface area contributed by atoms with Crippen molar-refractivity contribution in [3.05, 3.63) is 29.8 Å². The molecule has 0 spiro atoms. The van der Waals surface area contributed by atoms with Crippen LogP contribution >= 0.6 is 11.3 Å². The number of fused-ring (bicyclic) bond motifs is 1. The average Bonchev–Trinajstić information content (AvgIpc) is 2.75. The van der Waals surface area contributed by atoms with E-state index >= 15 is 0 Å². The van der Waals surface area contributed by atoms with Gasteiger partial charge in [-0.05, 0) is 44.9 Å². The molecule has 1 aromatic heterocycles. The first-order chi connectivity index (χ1) is 10.3. The zero-order valence-corrected chi connectivity index (χ0v) is 13.9. The number of anilines is 1. The van der Waals surface area contributed by atoms with Gasteiger partial charge in [0.05, 0.1) is 10.2 Å². The molecular weight excluding hydrogens is 298 g/mol. The molecule has 0 aliphatic rings. The Morgan fingerprint density at radius 2 is 2.23 bits per heavy atom. The van der Waals surface area contributed by atoms with Gasteiger partial charge in [-0.15, -0.1) is 0 Å². The molecule has 0 aliphatic carbocycles. The predicted molar refractivity (Wildman–Crippen MR) is 91.9 cm³/mol. The molecule has 22 heavy (non-hydrogen) atoms. The second-order valence-corrected chi connectivity index (χ2v) is 6.96. The number of carbonyl (C=O) groups is 1. The molecule has 0 atom stereocenters. The van der Waals surface area contributed by atoms with E-state index in [1.807, 2.05) is 51.1 Å². The molecular formula is C16H21N3O2S. The van der Waals surface area contributed by atoms with Crippen molar-refractivity contribution in [3.8, 4) is 0 Å². The Bertz CT molecular complexity index is 686. The fraction of sp³-hybridized carbons (Fsp3) is 0.375. The molecule has 0 unspecified atom stereocenters. The van der Waals surface area contributed by atoms with Crippen LogP contribution < -0.4 is 11.1 Å². The van der Waals surface area contributed by atoms with Crippen LogP contribution in [0.15, 0.2) is 24.3 Å². The summed E-state index contributed by atoms with van der Waals surface area (Å²) >= 11 is 1.48. The van der Waals surface area contributed by atoms with Gasteiger partial charge in [0, 0.05) is 6.54 Å². The maximum Gasteiger partial charge on any atom is 0.407 e. The zero-order chi connectivity index (χ0) is 16.2. The summed E-state index contributed by atoms with van der Waals surface area (Å²) in [6.45, 7) is 6.06. The summed E-state index contributed by atoms with van der Waals surface area (Å²) in [5.41, 5.74) is 7.20. The van der Waals surface area contributed by atoms with Crippen LogP contribution in [0.2, 0.25) is 0 Å². The lowest BCUT2D eigenvalue weighted by Crippen LogP contribution is -2.32. The Morgan fingerprint density at radius 3 is 2.95 bits per heavy atom. The normalized spacial score (nSPS) is 12.0. The van der Waals surface area contributed by atoms with E-state index in [0.717, 1.165) is 22.2 Å². The number of nitrogens with one attached hydrogen (secondary N) is 1. The van der Waals surface area contributed by atoms with Crippen molar-refractivity contribution in [3.63, 3.8) is 0 Å². The number of alkyl carbamates (subject to hydrolysis) is 1. The third-order valence-corrected chi connectivity index (χ3v) is 3.58. The molecule has 0 saturated carbocycles. The molecule has 0 aliphatic heterocycles. The summed E-state index contributed by atoms with van der Waals surface area (Å²) in [6.07, 6.45) is 4.36. The van der Waals surface area contributed by atoms with Gasteiger partial charge in [-0.2, -0.15) is 0 Å². The second kappa shape index (κ2) is 6.79. The van der Waals surface area contributed by atoms with Gasteiger partial charge >= 0.3 is 6.09 Å². The lowest BCUT2D eigenvalue weighted by molar-refractivity contribution is 0.0529. The monoisotopic (exact) mass is 319 g/mol. The molecule has 0 fully saturated rings. The van der Waals surface area contributed by atoms with E-state index in [-0.39, 0.29) is 6.09 Å². The minimum Gasteiger partial charge on any atom is -0.444 e. The van der Waals surface area contributed by atoms with Crippen molar-refractivity contribution in [2.45, 2.75) is 32.8 Å². The molecule has 2 rings (SSSR count). The lowest BCUT2D eigenvalue weighted by atomic mass is 10.2. The molecule has 118 valence electrons. The van der Waals surface area contributed by atoms with E-state index in [9.17, 15) is 4.79 Å². The number of hydrogen-bond acceptors (Lipinski definition) is 5. The van der Waals surface area contributed by atoms with E-state index in [1.54, 1.807) is 0 Å². The van der Waals surface area contributed by atoms with Gasteiger partial charge in [0.1, 0.15) is 5.60 Å². The summed E-state index contributed by atoms with van der Waals surface area (Å²) in [4.78, 5) is 15.7. The predicted octanol–water partition coefficient (Wildman–Crippen LogP) is 3.81. The van der Waals surface area contributed by atoms with Crippen LogP contribution in [0.25, 0.3) is 16.3 Å². The quantitative estimate of drug-likeness (QED) is 0.840. The number of nitrogens with zero attached hydrogens (tertiary/aromatic N) is 1. The van der Waals surface area contributed by atoms with Gasteiger partial charge in [-0.3, -0.25) is 0 Å². The van der Waals surface area contributed by atoms with Crippen LogP contribution in [0.4, 0.5) is 9.93 Å². The lowest BCUT2D eigenvalue weighted by Gasteiger charge is -2.19. The second-order valence-electron chi connectivity index (χ2n) is 5.90. The molecule has 0 bridgehead atoms. The number of nitrogens with two attached hydrogens (primary N) is 1. The van der Waals surface area contributed by atoms with Gasteiger partial charge in [0.25, 0.3) is 0 Å². The molecule has 2 aromatic rings. The van der Waals surface area contributed by atoms with Crippen molar-refractivity contribution in [2.75, 3.05) is 12.3 Å². The third kappa shape index (κ3) is 5.04. The zero-order valence-electron chi connectivity index (χ0n) is 13.1. The summed E-state index contributed by atoms with van der Waals surface area (Å²) < 4.78 is 6.24. The van der Waals surface area contributed by atoms with Crippen LogP contribution in [0, 0.1) is 0 Å². The number of aromatic nitrogens is 1. The number of nitrogen functional groups attached to an aromatic ring is 1. The fourth-order valence-corrected chi connectivity index (χ4v) is 2.57. The smallest absolute Gasteiger partial charge is 0.407 e. The van der Waals surface area contributed by atoms with Crippen molar-refractivity contribution in [1.29, 1.82) is 0 Å². The van der Waals surface area contributed by atoms with E-state index in [0.29, 0.717) is 11.7 Å². The van der Waals surface area contributed by atoms with E-state index in [4.69, 9.17) is 10.5 Å². The minimum absolute atomic E-state index is 0.389. The van der Waals surface area contributed by atoms with E-state index in [2.05, 4.69) is 10.3 Å². The molecule has 0 radical (unpaired) electrons. The van der Waals surface area contributed by atoms with Gasteiger partial charge in [-0.25, -0.2) is 9.78 Å². The van der Waals surface area contributed by atoms with Crippen LogP contribution in [0.5, 0.6) is 0 Å². The third-order valence-electron chi connectivity index (χ3n) is 2.72. The van der Waals surface area contributed by atoms with Crippen molar-refractivity contribution in [2.24, 2.45) is 0 Å². The van der Waals surface area contributed by atoms with Gasteiger partial charge in [0.2, 0.25) is 0 Å². The van der Waals surface area contributed by atoms with E-state index < -0.39 is 5.60 Å². The molecule has 1 heterocycles. The largest absolute Gasteiger partial charge is 0.444 e. The highest BCUT2D eigenvalue weighted by atomic mass is 32.1. The highest BCUT2D eigenvalue weighted by Gasteiger charge is 2.15. The SMILES string of the molecule is CC(C)(C)OC(=O)NCCC=Cc1ccc2sc(N)nc2c1. The Hall–Kier alpha value is -2.08. The molecule has 5 nitrogen and oxygen atoms in total. The molecule has 6 heteroatoms. The highest BCUT2D eigenvalue weighted by Crippen LogP contribution is 2.24. The van der Waals surface area contributed by atoms with Crippen LogP contribution in [-0.2, 0) is 4.74 Å². The van der Waals surface area contributed by atoms with Crippen LogP contribution in [0.1, 0.15) is 32.8 Å². The van der Waals surface area contributed by atoms with Gasteiger partial charge in [-0.1, -0.05) is 29.6 Å². The average molecular weight is 319 g/mol. The summed E-state index contributed by atoms with van der Waals surface area (Å²) in [6, 6.07) is 6.04. The Labute approximate surface area is 134 Å². The minimum atomic E-state index is -0.468. The standard InChI is InChI=1S/C16H21N3O2S/c1-16(2,3)21-15(20)18-9-5-4-6-11-7-8-13-12(10-11)19-14(17)22-13/h4,6-8,10H,5,9H2,1-3H3,(H2,17,19)(H,18,20). The van der Waals surface area contributed by atoms with Crippen LogP contribution in [-0.4, -0.2) is 23.2 Å². The highest BCUT2D eigenvalue weighted by molar-refractivity contribution is 7.22. The number of hydrogen-bond donors (Lipinski definition) is 2. The van der Waals surface area contributed by atoms with E-state index in [1.165, 1.54) is 11.3 Å². The molecule has 1 aromatic carbocycles. The fourth-order valence-electron chi connectivity index (χ4n) is 1.86. The number of thiazole rings is 1. The number of carbonyl (C=O) groups excluding carboxylic acids is 1. The Kier molecular flexibility index (Phi) is 5.03. The van der Waals surface area contributed by atoms with Crippen molar-refractivity contribution in [1.82, 2.24) is 10.3 Å².